The Morgan fingerprint density at radius 1 is 0.362 bits per heavy atom. The molecule has 688 valence electrons. The van der Waals surface area contributed by atoms with Gasteiger partial charge in [-0.3, -0.25) is 104 Å². The number of nitro groups is 1. The maximum Gasteiger partial charge on any atom is 0.417 e. The average Bonchev–Trinajstić information content (AvgIpc) is 0.789. The number of nitrogens with two attached hydrogens (primary N) is 11. The molecule has 0 radical (unpaired) electrons. The minimum Gasteiger partial charge on any atom is -0.507 e. The molecule has 0 aromatic heterocycles. The van der Waals surface area contributed by atoms with Crippen LogP contribution in [0.1, 0.15) is 66.8 Å². The molecular formula is C84H93Br3Cl5F3I2N30O3. The zero-order chi connectivity index (χ0) is 98.2. The Morgan fingerprint density at radius 2 is 0.638 bits per heavy atom. The van der Waals surface area contributed by atoms with Crippen LogP contribution in [0.4, 0.5) is 30.2 Å². The van der Waals surface area contributed by atoms with Gasteiger partial charge in [0, 0.05) is 132 Å². The highest BCUT2D eigenvalue weighted by Gasteiger charge is 2.33. The molecule has 0 saturated heterocycles. The summed E-state index contributed by atoms with van der Waals surface area (Å²) in [5.74, 6) is -0.00780. The monoisotopic (exact) mass is 2290 g/mol. The molecule has 0 aliphatic carbocycles. The smallest absolute Gasteiger partial charge is 0.417 e. The molecule has 9 aromatic rings. The summed E-state index contributed by atoms with van der Waals surface area (Å²) in [5.41, 5.74) is 66.1. The first kappa shape index (κ1) is 116. The summed E-state index contributed by atoms with van der Waals surface area (Å²) < 4.78 is 43.0. The number of nitrogen functional groups attached to an aromatic ring is 2. The molecule has 33 nitrogen and oxygen atoms in total. The highest BCUT2D eigenvalue weighted by atomic mass is 127. The number of nitrogens with zero attached hydrogens (tertiary/aromatic N) is 10. The van der Waals surface area contributed by atoms with Gasteiger partial charge in [-0.05, 0) is 161 Å². The van der Waals surface area contributed by atoms with E-state index in [0.29, 0.717) is 37.6 Å². The Hall–Kier alpha value is -11.8. The summed E-state index contributed by atoms with van der Waals surface area (Å²) in [7, 11) is 0. The third kappa shape index (κ3) is 50.2. The standard InChI is InChI=1S/C11H15N3.C10H9ClF3N3.C9H9Br2N3.C9H9BrClN3.C9H9ClN4O2.C9H11ClN4.C9H10ClN3O.C9H9I2N3.C9H12N4/c1-8-4-3-5-9(2)10(8)6-14-7-11(12)13;11-8-3-1-2-7(10(12,13)14)6(8)4-17-5-9(15)16;2*10-7-2-1-3-8(11)6(7)4-14-5-9(12)13;10-7-2-1-3-8(14(15)16)6(7)4-13-5-9(11)12;10-7-2-1-3-8(11)6(7)4-14-5-9(12)13;10-7-2-1-3-8(14)6(7)4-13-5-9(11)12;10-7-2-1-3-8(11)6(7)4-14-5-9(12)13;10-8-4-2-1-3-7(8)5-13-6-9(11)12/h3-6H,7H2,1-2H3,(H3,12,13);1-4H,5H2,(H3,15,16);2*1-4H,5H2,(H3,12,13);1-4H,5H2,(H3,11,12);1-4H,5,11H2,(H3,12,13);1-4,14H,5H2,(H3,11,12);1-4H,5H2,(H3,12,13);1-5H,6,10H2,(H3,11,12). The lowest BCUT2D eigenvalue weighted by atomic mass is 10.0. The van der Waals surface area contributed by atoms with Gasteiger partial charge >= 0.3 is 6.18 Å². The van der Waals surface area contributed by atoms with E-state index in [1.165, 1.54) is 66.2 Å². The van der Waals surface area contributed by atoms with E-state index in [1.807, 2.05) is 98.8 Å². The second-order valence-electron chi connectivity index (χ2n) is 25.3. The predicted octanol–water partition coefficient (Wildman–Crippen LogP) is 16.6. The number of phenols is 1. The highest BCUT2D eigenvalue weighted by Crippen LogP contribution is 2.35. The molecule has 0 heterocycles. The summed E-state index contributed by atoms with van der Waals surface area (Å²) in [6, 6.07) is 48.7. The number of aryl methyl sites for hydroxylation is 2. The molecule has 0 amide bonds. The van der Waals surface area contributed by atoms with Crippen molar-refractivity contribution in [2.75, 3.05) is 70.4 Å². The molecule has 0 aliphatic rings. The van der Waals surface area contributed by atoms with E-state index in [9.17, 15) is 28.4 Å². The number of amidine groups is 9. The Kier molecular flexibility index (Phi) is 57.2. The number of aromatic hydroxyl groups is 1. The van der Waals surface area contributed by atoms with Crippen LogP contribution in [0.3, 0.4) is 0 Å². The third-order valence-corrected chi connectivity index (χ3v) is 20.2. The zero-order valence-electron chi connectivity index (χ0n) is 69.2. The Morgan fingerprint density at radius 3 is 1.03 bits per heavy atom. The first-order valence-corrected chi connectivity index (χ1v) is 43.1. The van der Waals surface area contributed by atoms with Crippen molar-refractivity contribution < 1.29 is 23.2 Å². The number of aliphatic imine (C=N–C) groups is 9. The molecule has 46 heteroatoms. The lowest BCUT2D eigenvalue weighted by molar-refractivity contribution is -0.385. The van der Waals surface area contributed by atoms with Crippen LogP contribution in [0.25, 0.3) is 0 Å². The molecule has 0 aliphatic heterocycles. The van der Waals surface area contributed by atoms with Crippen molar-refractivity contribution in [1.82, 2.24) is 0 Å². The fraction of sp³-hybridized carbons (Fsp3) is 0.143. The van der Waals surface area contributed by atoms with Crippen LogP contribution in [-0.4, -0.2) is 177 Å². The van der Waals surface area contributed by atoms with E-state index in [4.69, 9.17) is 170 Å². The van der Waals surface area contributed by atoms with E-state index in [2.05, 4.69) is 138 Å². The van der Waals surface area contributed by atoms with Crippen LogP contribution in [0.2, 0.25) is 25.1 Å². The number of halogens is 13. The number of benzene rings is 9. The summed E-state index contributed by atoms with van der Waals surface area (Å²) >= 11 is 43.8. The predicted molar refractivity (Wildman–Crippen MR) is 563 cm³/mol. The number of alkyl halides is 3. The van der Waals surface area contributed by atoms with Gasteiger partial charge in [0.25, 0.3) is 5.69 Å². The largest absolute Gasteiger partial charge is 0.507 e. The van der Waals surface area contributed by atoms with Crippen molar-refractivity contribution in [2.24, 2.45) is 96.5 Å². The minimum absolute atomic E-state index is 0.00637. The second-order valence-corrected chi connectivity index (χ2v) is 32.3. The van der Waals surface area contributed by atoms with Gasteiger partial charge in [-0.15, -0.1) is 0 Å². The molecular weight excluding hydrogens is 2200 g/mol. The van der Waals surface area contributed by atoms with Crippen LogP contribution in [0.5, 0.6) is 5.75 Å². The quantitative estimate of drug-likeness (QED) is 0.00541. The van der Waals surface area contributed by atoms with E-state index >= 15 is 0 Å². The average molecular weight is 2300 g/mol. The van der Waals surface area contributed by atoms with Crippen LogP contribution in [0, 0.1) is 79.8 Å². The van der Waals surface area contributed by atoms with Crippen LogP contribution in [0.15, 0.2) is 228 Å². The molecule has 130 heavy (non-hydrogen) atoms. The van der Waals surface area contributed by atoms with Gasteiger partial charge in [0.2, 0.25) is 0 Å². The Labute approximate surface area is 825 Å². The zero-order valence-corrected chi connectivity index (χ0v) is 82.1. The summed E-state index contributed by atoms with van der Waals surface area (Å²) in [6.07, 6.45) is 9.13. The number of hydrogen-bond donors (Lipinski definition) is 21. The highest BCUT2D eigenvalue weighted by molar-refractivity contribution is 14.1. The first-order chi connectivity index (χ1) is 61.2. The van der Waals surface area contributed by atoms with Crippen LogP contribution >= 0.6 is 151 Å². The molecule has 9 rings (SSSR count). The van der Waals surface area contributed by atoms with E-state index in [0.717, 1.165) is 60.7 Å². The Balaban J connectivity index is 0.000000732. The van der Waals surface area contributed by atoms with Crippen molar-refractivity contribution >= 4 is 276 Å². The van der Waals surface area contributed by atoms with Crippen LogP contribution in [-0.2, 0) is 6.18 Å². The molecule has 0 spiro atoms. The van der Waals surface area contributed by atoms with Gasteiger partial charge in [-0.1, -0.05) is 185 Å². The molecule has 0 saturated carbocycles. The summed E-state index contributed by atoms with van der Waals surface area (Å²) in [6.45, 7) is 5.35. The number of anilines is 2. The first-order valence-electron chi connectivity index (χ1n) is 36.7. The lowest BCUT2D eigenvalue weighted by Gasteiger charge is -2.10. The summed E-state index contributed by atoms with van der Waals surface area (Å²) in [5, 5.41) is 84.6. The molecule has 0 fully saturated rings. The van der Waals surface area contributed by atoms with Gasteiger partial charge in [-0.2, -0.15) is 13.2 Å². The van der Waals surface area contributed by atoms with Crippen LogP contribution < -0.4 is 63.1 Å². The van der Waals surface area contributed by atoms with E-state index < -0.39 is 16.7 Å². The van der Waals surface area contributed by atoms with Crippen molar-refractivity contribution in [2.45, 2.75) is 20.0 Å². The molecule has 0 atom stereocenters. The lowest BCUT2D eigenvalue weighted by Crippen LogP contribution is -2.14. The van der Waals surface area contributed by atoms with Gasteiger partial charge in [0.05, 0.1) is 101 Å². The van der Waals surface area contributed by atoms with Gasteiger partial charge < -0.3 is 68.2 Å². The number of rotatable bonds is 28. The van der Waals surface area contributed by atoms with Crippen molar-refractivity contribution in [3.05, 3.63) is 292 Å². The normalized spacial score (nSPS) is 10.8. The summed E-state index contributed by atoms with van der Waals surface area (Å²) in [4.78, 5) is 45.4. The molecule has 0 unspecified atom stereocenters. The molecule has 32 N–H and O–H groups in total. The number of para-hydroxylation sites is 1. The van der Waals surface area contributed by atoms with E-state index in [-0.39, 0.29) is 144 Å². The van der Waals surface area contributed by atoms with E-state index in [1.54, 1.807) is 73.5 Å². The molecule has 0 bridgehead atoms. The number of phenolic OH excluding ortho intramolecular Hbond substituents is 1. The second kappa shape index (κ2) is 64.0. The minimum atomic E-state index is -4.50. The maximum atomic E-state index is 12.6. The third-order valence-electron chi connectivity index (χ3n) is 14.6. The number of nitrogens with one attached hydrogen (secondary N) is 9. The maximum absolute atomic E-state index is 12.6. The Bertz CT molecular complexity index is 4980. The van der Waals surface area contributed by atoms with Crippen molar-refractivity contribution in [3.8, 4) is 5.75 Å². The van der Waals surface area contributed by atoms with Crippen molar-refractivity contribution in [1.29, 1.82) is 48.7 Å². The number of hydrogen-bond acceptors (Lipinski definition) is 23. The fourth-order valence-corrected chi connectivity index (χ4v) is 13.4. The van der Waals surface area contributed by atoms with Gasteiger partial charge in [0.1, 0.15) is 58.3 Å². The fourth-order valence-electron chi connectivity index (χ4n) is 8.76. The topological polar surface area (TPSA) is 675 Å². The van der Waals surface area contributed by atoms with Crippen molar-refractivity contribution in [3.63, 3.8) is 0 Å². The molecule has 9 aromatic carbocycles. The van der Waals surface area contributed by atoms with Gasteiger partial charge in [0.15, 0.2) is 0 Å². The number of nitro benzene ring substituents is 1. The SMILES string of the molecule is Cc1cccc(C)c1C=NCC(=N)N.N=C(N)CN=Cc1c(Br)cccc1Br.N=C(N)CN=Cc1c(Cl)cccc1Br.N=C(N)CN=Cc1c(Cl)cccc1C(F)(F)F.N=C(N)CN=Cc1c(Cl)cccc1[N+](=O)[O-].N=C(N)CN=Cc1c(I)cccc1I.N=C(N)CN=Cc1c(N)cccc1Cl.N=C(N)CN=Cc1c(O)cccc1Cl.N=C(N)CN=Cc1ccccc1N. The van der Waals surface area contributed by atoms with Gasteiger partial charge in [-0.25, -0.2) is 0 Å².